The summed E-state index contributed by atoms with van der Waals surface area (Å²) >= 11 is 1.63. The van der Waals surface area contributed by atoms with E-state index in [0.29, 0.717) is 23.9 Å². The van der Waals surface area contributed by atoms with Crippen molar-refractivity contribution in [2.24, 2.45) is 0 Å². The lowest BCUT2D eigenvalue weighted by atomic mass is 10.4. The van der Waals surface area contributed by atoms with E-state index in [4.69, 9.17) is 4.74 Å². The molecule has 6 nitrogen and oxygen atoms in total. The van der Waals surface area contributed by atoms with Gasteiger partial charge in [-0.1, -0.05) is 6.92 Å². The molecule has 20 heavy (non-hydrogen) atoms. The van der Waals surface area contributed by atoms with E-state index in [2.05, 4.69) is 32.5 Å². The van der Waals surface area contributed by atoms with Crippen molar-refractivity contribution in [3.05, 3.63) is 22.4 Å². The highest BCUT2D eigenvalue weighted by atomic mass is 32.1. The number of aromatic nitrogens is 3. The normalized spacial score (nSPS) is 10.3. The Kier molecular flexibility index (Phi) is 5.11. The summed E-state index contributed by atoms with van der Waals surface area (Å²) in [6.07, 6.45) is 2.55. The van der Waals surface area contributed by atoms with Crippen molar-refractivity contribution < 1.29 is 4.74 Å². The smallest absolute Gasteiger partial charge is 0.204 e. The zero-order valence-electron chi connectivity index (χ0n) is 11.9. The van der Waals surface area contributed by atoms with Gasteiger partial charge >= 0.3 is 0 Å². The van der Waals surface area contributed by atoms with Crippen molar-refractivity contribution >= 4 is 23.0 Å². The topological polar surface area (TPSA) is 72.0 Å². The third kappa shape index (κ3) is 3.57. The molecule has 2 heterocycles. The van der Waals surface area contributed by atoms with E-state index in [9.17, 15) is 0 Å². The van der Waals surface area contributed by atoms with Gasteiger partial charge in [0.05, 0.1) is 13.7 Å². The van der Waals surface area contributed by atoms with Crippen LogP contribution in [-0.2, 0) is 6.54 Å². The summed E-state index contributed by atoms with van der Waals surface area (Å²) in [7, 11) is 1.62. The van der Waals surface area contributed by atoms with Crippen LogP contribution in [0, 0.1) is 6.92 Å². The number of hydrogen-bond donors (Lipinski definition) is 2. The molecule has 0 saturated heterocycles. The van der Waals surface area contributed by atoms with Crippen LogP contribution in [0.25, 0.3) is 0 Å². The molecule has 0 amide bonds. The number of nitrogens with one attached hydrogen (secondary N) is 2. The Morgan fingerprint density at radius 2 is 2.00 bits per heavy atom. The van der Waals surface area contributed by atoms with Crippen LogP contribution in [0.1, 0.15) is 24.0 Å². The molecule has 0 aliphatic carbocycles. The van der Waals surface area contributed by atoms with E-state index in [1.807, 2.05) is 12.3 Å². The van der Waals surface area contributed by atoms with E-state index in [0.717, 1.165) is 23.7 Å². The molecule has 0 bridgehead atoms. The standard InChI is InChI=1S/C13H19N5OS/c1-4-5-14-12-11(19-3)13(17-8-16-12)15-6-10-18-9(2)7-20-10/h7-8H,4-6H2,1-3H3,(H2,14,15,16,17). The molecular weight excluding hydrogens is 274 g/mol. The Labute approximate surface area is 122 Å². The fourth-order valence-corrected chi connectivity index (χ4v) is 2.42. The zero-order chi connectivity index (χ0) is 14.4. The third-order valence-electron chi connectivity index (χ3n) is 2.62. The van der Waals surface area contributed by atoms with Crippen molar-refractivity contribution in [3.8, 4) is 5.75 Å². The molecule has 0 unspecified atom stereocenters. The molecule has 0 radical (unpaired) electrons. The van der Waals surface area contributed by atoms with Crippen LogP contribution in [0.2, 0.25) is 0 Å². The molecule has 0 aliphatic rings. The van der Waals surface area contributed by atoms with Gasteiger partial charge in [0.2, 0.25) is 5.75 Å². The van der Waals surface area contributed by atoms with Gasteiger partial charge in [-0.05, 0) is 13.3 Å². The summed E-state index contributed by atoms with van der Waals surface area (Å²) in [5.41, 5.74) is 1.03. The van der Waals surface area contributed by atoms with Crippen molar-refractivity contribution in [1.29, 1.82) is 0 Å². The first kappa shape index (κ1) is 14.5. The minimum absolute atomic E-state index is 0.624. The maximum absolute atomic E-state index is 5.40. The second-order valence-electron chi connectivity index (χ2n) is 4.27. The largest absolute Gasteiger partial charge is 0.490 e. The fraction of sp³-hybridized carbons (Fsp3) is 0.462. The molecule has 2 aromatic rings. The molecule has 0 spiro atoms. The lowest BCUT2D eigenvalue weighted by Gasteiger charge is -2.13. The number of rotatable bonds is 7. The number of ether oxygens (including phenoxy) is 1. The second-order valence-corrected chi connectivity index (χ2v) is 5.21. The maximum Gasteiger partial charge on any atom is 0.204 e. The maximum atomic E-state index is 5.40. The molecule has 7 heteroatoms. The second kappa shape index (κ2) is 7.04. The van der Waals surface area contributed by atoms with Crippen LogP contribution in [0.5, 0.6) is 5.75 Å². The van der Waals surface area contributed by atoms with Gasteiger partial charge in [0.25, 0.3) is 0 Å². The number of thiazole rings is 1. The fourth-order valence-electron chi connectivity index (χ4n) is 1.71. The zero-order valence-corrected chi connectivity index (χ0v) is 12.8. The highest BCUT2D eigenvalue weighted by Gasteiger charge is 2.11. The number of hydrogen-bond acceptors (Lipinski definition) is 7. The van der Waals surface area contributed by atoms with Gasteiger partial charge in [0.1, 0.15) is 11.3 Å². The Bertz CT molecular complexity index is 557. The molecule has 2 rings (SSSR count). The van der Waals surface area contributed by atoms with Gasteiger partial charge in [-0.3, -0.25) is 0 Å². The highest BCUT2D eigenvalue weighted by molar-refractivity contribution is 7.09. The van der Waals surface area contributed by atoms with Crippen LogP contribution < -0.4 is 15.4 Å². The van der Waals surface area contributed by atoms with E-state index in [-0.39, 0.29) is 0 Å². The van der Waals surface area contributed by atoms with E-state index >= 15 is 0 Å². The Hall–Kier alpha value is -1.89. The molecule has 0 atom stereocenters. The van der Waals surface area contributed by atoms with Crippen LogP contribution >= 0.6 is 11.3 Å². The van der Waals surface area contributed by atoms with Crippen molar-refractivity contribution in [3.63, 3.8) is 0 Å². The third-order valence-corrected chi connectivity index (χ3v) is 3.59. The van der Waals surface area contributed by atoms with Crippen molar-refractivity contribution in [2.75, 3.05) is 24.3 Å². The number of aryl methyl sites for hydroxylation is 1. The van der Waals surface area contributed by atoms with Gasteiger partial charge < -0.3 is 15.4 Å². The van der Waals surface area contributed by atoms with Crippen LogP contribution in [0.3, 0.4) is 0 Å². The van der Waals surface area contributed by atoms with Gasteiger partial charge in [-0.15, -0.1) is 11.3 Å². The summed E-state index contributed by atoms with van der Waals surface area (Å²) in [5, 5.41) is 9.52. The summed E-state index contributed by atoms with van der Waals surface area (Å²) in [6.45, 7) is 5.56. The molecular formula is C13H19N5OS. The molecule has 108 valence electrons. The van der Waals surface area contributed by atoms with E-state index in [1.165, 1.54) is 6.33 Å². The number of nitrogens with zero attached hydrogens (tertiary/aromatic N) is 3. The molecule has 2 aromatic heterocycles. The summed E-state index contributed by atoms with van der Waals surface area (Å²) in [4.78, 5) is 12.8. The average molecular weight is 293 g/mol. The predicted octanol–water partition coefficient (Wildman–Crippen LogP) is 2.68. The van der Waals surface area contributed by atoms with Gasteiger partial charge in [0, 0.05) is 17.6 Å². The average Bonchev–Trinajstić information content (AvgIpc) is 2.88. The molecule has 0 fully saturated rings. The summed E-state index contributed by atoms with van der Waals surface area (Å²) < 4.78 is 5.40. The van der Waals surface area contributed by atoms with Gasteiger partial charge in [-0.25, -0.2) is 15.0 Å². The quantitative estimate of drug-likeness (QED) is 0.818. The molecule has 0 saturated carbocycles. The minimum Gasteiger partial charge on any atom is -0.490 e. The van der Waals surface area contributed by atoms with E-state index < -0.39 is 0 Å². The predicted molar refractivity (Wildman–Crippen MR) is 81.5 cm³/mol. The Balaban J connectivity index is 2.10. The van der Waals surface area contributed by atoms with Crippen LogP contribution in [0.15, 0.2) is 11.7 Å². The van der Waals surface area contributed by atoms with Gasteiger partial charge in [0.15, 0.2) is 11.6 Å². The monoisotopic (exact) mass is 293 g/mol. The summed E-state index contributed by atoms with van der Waals surface area (Å²) in [5.74, 6) is 2.02. The first-order chi connectivity index (χ1) is 9.74. The van der Waals surface area contributed by atoms with Crippen LogP contribution in [0.4, 0.5) is 11.6 Å². The number of anilines is 2. The van der Waals surface area contributed by atoms with Crippen LogP contribution in [-0.4, -0.2) is 28.6 Å². The van der Waals surface area contributed by atoms with E-state index in [1.54, 1.807) is 18.4 Å². The van der Waals surface area contributed by atoms with Gasteiger partial charge in [-0.2, -0.15) is 0 Å². The van der Waals surface area contributed by atoms with Crippen molar-refractivity contribution in [2.45, 2.75) is 26.8 Å². The number of methoxy groups -OCH3 is 1. The first-order valence-corrected chi connectivity index (χ1v) is 7.40. The highest BCUT2D eigenvalue weighted by Crippen LogP contribution is 2.29. The first-order valence-electron chi connectivity index (χ1n) is 6.52. The Morgan fingerprint density at radius 3 is 2.60 bits per heavy atom. The Morgan fingerprint density at radius 1 is 1.25 bits per heavy atom. The lowest BCUT2D eigenvalue weighted by molar-refractivity contribution is 0.414. The molecule has 2 N–H and O–H groups in total. The molecule has 0 aromatic carbocycles. The van der Waals surface area contributed by atoms with Crippen molar-refractivity contribution in [1.82, 2.24) is 15.0 Å². The SMILES string of the molecule is CCCNc1ncnc(NCc2nc(C)cs2)c1OC. The lowest BCUT2D eigenvalue weighted by Crippen LogP contribution is -2.09. The minimum atomic E-state index is 0.624. The molecule has 0 aliphatic heterocycles. The summed E-state index contributed by atoms with van der Waals surface area (Å²) in [6, 6.07) is 0.